The van der Waals surface area contributed by atoms with Gasteiger partial charge >= 0.3 is 5.97 Å². The Morgan fingerprint density at radius 3 is 1.83 bits per heavy atom. The summed E-state index contributed by atoms with van der Waals surface area (Å²) in [6.45, 7) is 6.40. The molecule has 1 heterocycles. The maximum absolute atomic E-state index is 12.4. The van der Waals surface area contributed by atoms with E-state index in [9.17, 15) is 15.0 Å². The Labute approximate surface area is 207 Å². The van der Waals surface area contributed by atoms with Crippen LogP contribution in [-0.4, -0.2) is 42.8 Å². The molecule has 5 nitrogen and oxygen atoms in total. The lowest BCUT2D eigenvalue weighted by atomic mass is 9.97. The van der Waals surface area contributed by atoms with Crippen molar-refractivity contribution in [3.63, 3.8) is 0 Å². The summed E-state index contributed by atoms with van der Waals surface area (Å²) < 4.78 is 12.8. The Morgan fingerprint density at radius 2 is 1.34 bits per heavy atom. The number of ether oxygens (including phenoxy) is 1. The summed E-state index contributed by atoms with van der Waals surface area (Å²) in [6.07, 6.45) is -1.87. The zero-order chi connectivity index (χ0) is 25.1. The van der Waals surface area contributed by atoms with Gasteiger partial charge in [0.2, 0.25) is 0 Å². The Bertz CT molecular complexity index is 1100. The Hall–Kier alpha value is -3.03. The van der Waals surface area contributed by atoms with E-state index in [0.717, 1.165) is 10.4 Å². The molecule has 2 N–H and O–H groups in total. The zero-order valence-corrected chi connectivity index (χ0v) is 21.2. The second-order valence-electron chi connectivity index (χ2n) is 9.85. The van der Waals surface area contributed by atoms with Gasteiger partial charge < -0.3 is 19.4 Å². The van der Waals surface area contributed by atoms with Crippen LogP contribution in [0.25, 0.3) is 0 Å². The van der Waals surface area contributed by atoms with Gasteiger partial charge in [0.15, 0.2) is 6.10 Å². The number of aliphatic hydroxyl groups excluding tert-OH is 2. The van der Waals surface area contributed by atoms with E-state index in [1.165, 1.54) is 12.2 Å². The van der Waals surface area contributed by atoms with E-state index in [-0.39, 0.29) is 5.04 Å². The van der Waals surface area contributed by atoms with Gasteiger partial charge in [-0.1, -0.05) is 112 Å². The fourth-order valence-corrected chi connectivity index (χ4v) is 9.53. The van der Waals surface area contributed by atoms with Crippen LogP contribution in [-0.2, 0) is 14.0 Å². The second-order valence-corrected chi connectivity index (χ2v) is 14.1. The van der Waals surface area contributed by atoms with Gasteiger partial charge in [-0.25, -0.2) is 4.79 Å². The minimum absolute atomic E-state index is 0.363. The van der Waals surface area contributed by atoms with Crippen molar-refractivity contribution >= 4 is 24.7 Å². The quantitative estimate of drug-likeness (QED) is 0.410. The van der Waals surface area contributed by atoms with E-state index >= 15 is 0 Å². The van der Waals surface area contributed by atoms with Crippen LogP contribution in [0.1, 0.15) is 32.4 Å². The number of rotatable bonds is 6. The van der Waals surface area contributed by atoms with Crippen molar-refractivity contribution in [2.75, 3.05) is 0 Å². The molecule has 1 aliphatic heterocycles. The molecule has 35 heavy (non-hydrogen) atoms. The van der Waals surface area contributed by atoms with Crippen molar-refractivity contribution < 1.29 is 24.2 Å². The van der Waals surface area contributed by atoms with Gasteiger partial charge in [-0.05, 0) is 27.1 Å². The summed E-state index contributed by atoms with van der Waals surface area (Å²) in [6, 6.07) is 29.1. The van der Waals surface area contributed by atoms with Crippen LogP contribution in [0.3, 0.4) is 0 Å². The smallest absolute Gasteiger partial charge is 0.330 e. The van der Waals surface area contributed by atoms with Crippen LogP contribution < -0.4 is 10.4 Å². The molecule has 0 fully saturated rings. The first-order chi connectivity index (χ1) is 16.7. The molecule has 0 radical (unpaired) electrons. The molecule has 4 rings (SSSR count). The maximum Gasteiger partial charge on any atom is 0.330 e. The first-order valence-electron chi connectivity index (χ1n) is 11.8. The maximum atomic E-state index is 12.4. The van der Waals surface area contributed by atoms with Crippen LogP contribution in [0.5, 0.6) is 0 Å². The van der Waals surface area contributed by atoms with Gasteiger partial charge in [0, 0.05) is 6.08 Å². The van der Waals surface area contributed by atoms with E-state index in [1.54, 1.807) is 12.1 Å². The fourth-order valence-electron chi connectivity index (χ4n) is 4.84. The van der Waals surface area contributed by atoms with Crippen LogP contribution in [0, 0.1) is 0 Å². The summed E-state index contributed by atoms with van der Waals surface area (Å²) in [4.78, 5) is 12.4. The average Bonchev–Trinajstić information content (AvgIpc) is 3.01. The molecule has 0 saturated carbocycles. The third kappa shape index (κ3) is 5.02. The first kappa shape index (κ1) is 25.1. The molecule has 0 aliphatic carbocycles. The summed E-state index contributed by atoms with van der Waals surface area (Å²) >= 11 is 0. The minimum Gasteiger partial charge on any atom is -0.453 e. The standard InChI is InChI=1S/C29H32O5Si/c1-29(2,3)35(22-15-9-5-10-16-22,23-17-11-6-12-18-23)34-27-24(30)19-20-25(31)33-28(27)26(32)21-13-7-4-8-14-21/h4-20,24,26-28,30,32H,1-3H3/t24-,26-,27+,28+/m0/s1. The van der Waals surface area contributed by atoms with Crippen LogP contribution in [0.15, 0.2) is 103 Å². The molecule has 4 atom stereocenters. The van der Waals surface area contributed by atoms with Crippen molar-refractivity contribution in [3.8, 4) is 0 Å². The van der Waals surface area contributed by atoms with E-state index in [4.69, 9.17) is 9.16 Å². The van der Waals surface area contributed by atoms with Gasteiger partial charge in [0.25, 0.3) is 8.32 Å². The monoisotopic (exact) mass is 488 g/mol. The lowest BCUT2D eigenvalue weighted by Crippen LogP contribution is -2.69. The first-order valence-corrected chi connectivity index (χ1v) is 13.7. The number of esters is 1. The lowest BCUT2D eigenvalue weighted by molar-refractivity contribution is -0.160. The normalized spacial score (nSPS) is 21.7. The topological polar surface area (TPSA) is 76.0 Å². The number of cyclic esters (lactones) is 1. The summed E-state index contributed by atoms with van der Waals surface area (Å²) in [5, 5.41) is 24.2. The molecule has 0 unspecified atom stereocenters. The fraction of sp³-hybridized carbons (Fsp3) is 0.276. The van der Waals surface area contributed by atoms with Crippen molar-refractivity contribution in [2.24, 2.45) is 0 Å². The van der Waals surface area contributed by atoms with Crippen molar-refractivity contribution in [2.45, 2.75) is 50.2 Å². The third-order valence-corrected chi connectivity index (χ3v) is 11.6. The molecule has 6 heteroatoms. The highest BCUT2D eigenvalue weighted by atomic mass is 28.4. The highest BCUT2D eigenvalue weighted by molar-refractivity contribution is 6.99. The van der Waals surface area contributed by atoms with Crippen LogP contribution in [0.4, 0.5) is 0 Å². The zero-order valence-electron chi connectivity index (χ0n) is 20.2. The number of aliphatic hydroxyl groups is 2. The molecule has 1 aliphatic rings. The summed E-state index contributed by atoms with van der Waals surface area (Å²) in [7, 11) is -3.11. The number of carbonyl (C=O) groups excluding carboxylic acids is 1. The molecule has 182 valence electrons. The van der Waals surface area contributed by atoms with E-state index in [2.05, 4.69) is 45.0 Å². The summed E-state index contributed by atoms with van der Waals surface area (Å²) in [5.41, 5.74) is 0.579. The van der Waals surface area contributed by atoms with Crippen LogP contribution >= 0.6 is 0 Å². The van der Waals surface area contributed by atoms with Crippen molar-refractivity contribution in [1.82, 2.24) is 0 Å². The van der Waals surface area contributed by atoms with Gasteiger partial charge in [-0.3, -0.25) is 0 Å². The predicted molar refractivity (Wildman–Crippen MR) is 139 cm³/mol. The van der Waals surface area contributed by atoms with E-state index in [0.29, 0.717) is 5.56 Å². The molecule has 0 bridgehead atoms. The second kappa shape index (κ2) is 10.3. The highest BCUT2D eigenvalue weighted by Crippen LogP contribution is 2.40. The minimum atomic E-state index is -3.11. The predicted octanol–water partition coefficient (Wildman–Crippen LogP) is 3.51. The molecule has 3 aromatic carbocycles. The Kier molecular flexibility index (Phi) is 7.38. The molecule has 3 aromatic rings. The van der Waals surface area contributed by atoms with E-state index < -0.39 is 38.7 Å². The summed E-state index contributed by atoms with van der Waals surface area (Å²) in [5.74, 6) is -0.627. The Morgan fingerprint density at radius 1 is 0.857 bits per heavy atom. The van der Waals surface area contributed by atoms with E-state index in [1.807, 2.05) is 54.6 Å². The number of carbonyl (C=O) groups is 1. The van der Waals surface area contributed by atoms with Crippen molar-refractivity contribution in [1.29, 1.82) is 0 Å². The lowest BCUT2D eigenvalue weighted by Gasteiger charge is -2.47. The number of hydrogen-bond acceptors (Lipinski definition) is 5. The third-order valence-electron chi connectivity index (χ3n) is 6.52. The molecule has 0 spiro atoms. The largest absolute Gasteiger partial charge is 0.453 e. The molecular formula is C29H32O5Si. The SMILES string of the molecule is CC(C)(C)[Si](O[C@H]1[C@@H]([C@@H](O)c2ccccc2)OC(=O)C=C[C@@H]1O)(c1ccccc1)c1ccccc1. The molecular weight excluding hydrogens is 456 g/mol. The van der Waals surface area contributed by atoms with Gasteiger partial charge in [0.05, 0.1) is 0 Å². The molecule has 0 saturated heterocycles. The van der Waals surface area contributed by atoms with Crippen molar-refractivity contribution in [3.05, 3.63) is 109 Å². The number of hydrogen-bond donors (Lipinski definition) is 2. The van der Waals surface area contributed by atoms with Crippen LogP contribution in [0.2, 0.25) is 5.04 Å². The molecule has 0 amide bonds. The average molecular weight is 489 g/mol. The highest BCUT2D eigenvalue weighted by Gasteiger charge is 2.54. The number of benzene rings is 3. The Balaban J connectivity index is 1.89. The molecule has 0 aromatic heterocycles. The van der Waals surface area contributed by atoms with Gasteiger partial charge in [-0.15, -0.1) is 0 Å². The van der Waals surface area contributed by atoms with Gasteiger partial charge in [-0.2, -0.15) is 0 Å². The van der Waals surface area contributed by atoms with Gasteiger partial charge in [0.1, 0.15) is 18.3 Å².